The summed E-state index contributed by atoms with van der Waals surface area (Å²) < 4.78 is 0. The second kappa shape index (κ2) is 5.50. The van der Waals surface area contributed by atoms with Gasteiger partial charge in [0.2, 0.25) is 0 Å². The maximum atomic E-state index is 11.1. The van der Waals surface area contributed by atoms with E-state index in [0.717, 1.165) is 12.2 Å². The number of aromatic carboxylic acids is 1. The van der Waals surface area contributed by atoms with E-state index in [2.05, 4.69) is 0 Å². The molecule has 1 N–H and O–H groups in total. The van der Waals surface area contributed by atoms with Crippen LogP contribution >= 0.6 is 11.8 Å². The number of benzene rings is 1. The molecule has 1 heterocycles. The number of nitrogens with zero attached hydrogens (tertiary/aromatic N) is 1. The summed E-state index contributed by atoms with van der Waals surface area (Å²) in [6, 6.07) is 7.07. The van der Waals surface area contributed by atoms with E-state index in [1.54, 1.807) is 30.0 Å². The van der Waals surface area contributed by atoms with Crippen molar-refractivity contribution in [2.24, 2.45) is 5.92 Å². The number of carboxylic acids is 1. The van der Waals surface area contributed by atoms with Gasteiger partial charge < -0.3 is 5.11 Å². The molecule has 2 aliphatic rings. The predicted molar refractivity (Wildman–Crippen MR) is 78.0 cm³/mol. The van der Waals surface area contributed by atoms with E-state index in [9.17, 15) is 4.79 Å². The van der Waals surface area contributed by atoms with Crippen LogP contribution in [0.2, 0.25) is 0 Å². The highest BCUT2D eigenvalue weighted by molar-refractivity contribution is 8.03. The number of rotatable bonds is 5. The van der Waals surface area contributed by atoms with Crippen molar-refractivity contribution in [2.45, 2.75) is 25.1 Å². The van der Waals surface area contributed by atoms with Crippen LogP contribution in [0, 0.1) is 5.92 Å². The van der Waals surface area contributed by atoms with Gasteiger partial charge in [-0.25, -0.2) is 9.86 Å². The lowest BCUT2D eigenvalue weighted by Crippen LogP contribution is -2.20. The van der Waals surface area contributed by atoms with Gasteiger partial charge in [-0.1, -0.05) is 23.9 Å². The number of allylic oxidation sites excluding steroid dienone is 1. The number of thioether (sulfide) groups is 1. The van der Waals surface area contributed by atoms with Crippen molar-refractivity contribution in [3.63, 3.8) is 0 Å². The maximum Gasteiger partial charge on any atom is 0.335 e. The standard InChI is InChI=1S/C15H17NO3S/c1-10-8-16(19-9-11-5-6-11)14(20-10)12-3-2-4-13(7-12)15(17)18/h2-4,7-8,11,14H,5-6,9H2,1H3,(H,17,18). The van der Waals surface area contributed by atoms with E-state index < -0.39 is 5.97 Å². The smallest absolute Gasteiger partial charge is 0.335 e. The zero-order chi connectivity index (χ0) is 14.1. The van der Waals surface area contributed by atoms with Crippen molar-refractivity contribution in [1.29, 1.82) is 0 Å². The minimum atomic E-state index is -0.898. The van der Waals surface area contributed by atoms with Gasteiger partial charge >= 0.3 is 5.97 Å². The quantitative estimate of drug-likeness (QED) is 0.897. The first kappa shape index (κ1) is 13.5. The van der Waals surface area contributed by atoms with Gasteiger partial charge in [-0.05, 0) is 43.4 Å². The first-order valence-electron chi connectivity index (χ1n) is 6.73. The monoisotopic (exact) mass is 291 g/mol. The summed E-state index contributed by atoms with van der Waals surface area (Å²) in [6.07, 6.45) is 4.50. The molecule has 1 aromatic rings. The molecule has 20 heavy (non-hydrogen) atoms. The zero-order valence-electron chi connectivity index (χ0n) is 11.3. The Morgan fingerprint density at radius 1 is 1.50 bits per heavy atom. The van der Waals surface area contributed by atoms with Gasteiger partial charge in [-0.3, -0.25) is 4.84 Å². The molecule has 4 nitrogen and oxygen atoms in total. The third-order valence-electron chi connectivity index (χ3n) is 3.41. The third-order valence-corrected chi connectivity index (χ3v) is 4.59. The van der Waals surface area contributed by atoms with Crippen LogP contribution in [0.5, 0.6) is 0 Å². The summed E-state index contributed by atoms with van der Waals surface area (Å²) in [5.74, 6) is -0.203. The minimum Gasteiger partial charge on any atom is -0.478 e. The van der Waals surface area contributed by atoms with Gasteiger partial charge in [0.15, 0.2) is 0 Å². The fourth-order valence-electron chi connectivity index (χ4n) is 2.13. The molecule has 0 aromatic heterocycles. The molecule has 1 fully saturated rings. The Balaban J connectivity index is 1.76. The Morgan fingerprint density at radius 3 is 3.00 bits per heavy atom. The lowest BCUT2D eigenvalue weighted by molar-refractivity contribution is -0.132. The predicted octanol–water partition coefficient (Wildman–Crippen LogP) is 3.64. The number of hydrogen-bond donors (Lipinski definition) is 1. The van der Waals surface area contributed by atoms with Gasteiger partial charge in [0.1, 0.15) is 5.37 Å². The molecule has 5 heteroatoms. The van der Waals surface area contributed by atoms with Crippen LogP contribution in [0.1, 0.15) is 41.1 Å². The van der Waals surface area contributed by atoms with Crippen LogP contribution in [-0.4, -0.2) is 22.7 Å². The molecular formula is C15H17NO3S. The average Bonchev–Trinajstić information content (AvgIpc) is 3.19. The second-order valence-electron chi connectivity index (χ2n) is 5.24. The summed E-state index contributed by atoms with van der Waals surface area (Å²) in [5.41, 5.74) is 1.27. The Morgan fingerprint density at radius 2 is 2.30 bits per heavy atom. The van der Waals surface area contributed by atoms with Crippen molar-refractivity contribution >= 4 is 17.7 Å². The van der Waals surface area contributed by atoms with E-state index in [1.165, 1.54) is 17.7 Å². The molecule has 3 rings (SSSR count). The van der Waals surface area contributed by atoms with Crippen molar-refractivity contribution in [3.05, 3.63) is 46.5 Å². The highest BCUT2D eigenvalue weighted by atomic mass is 32.2. The van der Waals surface area contributed by atoms with Crippen molar-refractivity contribution in [3.8, 4) is 0 Å². The molecule has 0 amide bonds. The molecule has 1 unspecified atom stereocenters. The lowest BCUT2D eigenvalue weighted by atomic mass is 10.1. The van der Waals surface area contributed by atoms with Gasteiger partial charge in [-0.15, -0.1) is 0 Å². The molecule has 1 saturated carbocycles. The molecule has 1 aliphatic heterocycles. The number of hydroxylamine groups is 2. The van der Waals surface area contributed by atoms with Crippen LogP contribution in [0.4, 0.5) is 0 Å². The van der Waals surface area contributed by atoms with E-state index >= 15 is 0 Å². The normalized spacial score (nSPS) is 21.9. The molecule has 0 spiro atoms. The first-order chi connectivity index (χ1) is 9.63. The van der Waals surface area contributed by atoms with E-state index in [1.807, 2.05) is 24.3 Å². The van der Waals surface area contributed by atoms with Crippen LogP contribution in [0.25, 0.3) is 0 Å². The van der Waals surface area contributed by atoms with Crippen LogP contribution in [-0.2, 0) is 4.84 Å². The Bertz CT molecular complexity index is 554. The van der Waals surface area contributed by atoms with E-state index in [0.29, 0.717) is 11.5 Å². The Labute approximate surface area is 122 Å². The average molecular weight is 291 g/mol. The Hall–Kier alpha value is -1.46. The minimum absolute atomic E-state index is 0.00745. The summed E-state index contributed by atoms with van der Waals surface area (Å²) in [6.45, 7) is 2.79. The molecular weight excluding hydrogens is 274 g/mol. The third kappa shape index (κ3) is 2.99. The molecule has 106 valence electrons. The molecule has 1 aromatic carbocycles. The SMILES string of the molecule is CC1=CN(OCC2CC2)C(c2cccc(C(=O)O)c2)S1. The molecule has 0 bridgehead atoms. The van der Waals surface area contributed by atoms with Crippen LogP contribution < -0.4 is 0 Å². The summed E-state index contributed by atoms with van der Waals surface area (Å²) in [4.78, 5) is 18.1. The van der Waals surface area contributed by atoms with Gasteiger partial charge in [0, 0.05) is 11.1 Å². The fourth-order valence-corrected chi connectivity index (χ4v) is 3.15. The lowest BCUT2D eigenvalue weighted by Gasteiger charge is -2.24. The van der Waals surface area contributed by atoms with Gasteiger partial charge in [-0.2, -0.15) is 0 Å². The highest BCUT2D eigenvalue weighted by Gasteiger charge is 2.29. The molecule has 1 atom stereocenters. The zero-order valence-corrected chi connectivity index (χ0v) is 12.1. The second-order valence-corrected chi connectivity index (χ2v) is 6.57. The molecule has 1 aliphatic carbocycles. The fraction of sp³-hybridized carbons (Fsp3) is 0.400. The van der Waals surface area contributed by atoms with Crippen molar-refractivity contribution in [2.75, 3.05) is 6.61 Å². The number of carboxylic acid groups (broad SMARTS) is 1. The van der Waals surface area contributed by atoms with Crippen molar-refractivity contribution < 1.29 is 14.7 Å². The molecule has 0 radical (unpaired) electrons. The van der Waals surface area contributed by atoms with E-state index in [4.69, 9.17) is 9.94 Å². The van der Waals surface area contributed by atoms with E-state index in [-0.39, 0.29) is 5.37 Å². The Kier molecular flexibility index (Phi) is 3.72. The maximum absolute atomic E-state index is 11.1. The summed E-state index contributed by atoms with van der Waals surface area (Å²) in [5, 5.41) is 11.0. The summed E-state index contributed by atoms with van der Waals surface area (Å²) in [7, 11) is 0. The number of hydrogen-bond acceptors (Lipinski definition) is 4. The van der Waals surface area contributed by atoms with Crippen LogP contribution in [0.3, 0.4) is 0 Å². The van der Waals surface area contributed by atoms with Crippen molar-refractivity contribution in [1.82, 2.24) is 5.06 Å². The van der Waals surface area contributed by atoms with Gasteiger partial charge in [0.25, 0.3) is 0 Å². The topological polar surface area (TPSA) is 49.8 Å². The molecule has 0 saturated heterocycles. The highest BCUT2D eigenvalue weighted by Crippen LogP contribution is 2.44. The van der Waals surface area contributed by atoms with Crippen LogP contribution in [0.15, 0.2) is 35.4 Å². The number of carbonyl (C=O) groups is 1. The van der Waals surface area contributed by atoms with Gasteiger partial charge in [0.05, 0.1) is 12.2 Å². The first-order valence-corrected chi connectivity index (χ1v) is 7.61. The largest absolute Gasteiger partial charge is 0.478 e. The summed E-state index contributed by atoms with van der Waals surface area (Å²) >= 11 is 1.69.